The zero-order valence-electron chi connectivity index (χ0n) is 21.8. The Hall–Kier alpha value is -4.84. The van der Waals surface area contributed by atoms with Crippen molar-refractivity contribution >= 4 is 43.1 Å². The van der Waals surface area contributed by atoms with Gasteiger partial charge in [-0.15, -0.1) is 0 Å². The van der Waals surface area contributed by atoms with Crippen LogP contribution in [0, 0.1) is 0 Å². The summed E-state index contributed by atoms with van der Waals surface area (Å²) in [6.45, 7) is 0. The lowest BCUT2D eigenvalue weighted by Crippen LogP contribution is -2.04. The molecule has 0 saturated carbocycles. The van der Waals surface area contributed by atoms with E-state index in [-0.39, 0.29) is 0 Å². The fourth-order valence-electron chi connectivity index (χ4n) is 6.10. The van der Waals surface area contributed by atoms with E-state index in [1.807, 2.05) is 72.8 Å². The minimum atomic E-state index is -4.47. The summed E-state index contributed by atoms with van der Waals surface area (Å²) in [5.74, 6) is 0. The Morgan fingerprint density at radius 3 is 0.905 bits per heavy atom. The first-order valence-electron chi connectivity index (χ1n) is 13.3. The zero-order valence-corrected chi connectivity index (χ0v) is 21.8. The molecule has 0 fully saturated rings. The summed E-state index contributed by atoms with van der Waals surface area (Å²) in [4.78, 5) is 0. The van der Waals surface area contributed by atoms with Crippen molar-refractivity contribution in [1.82, 2.24) is 0 Å². The van der Waals surface area contributed by atoms with Gasteiger partial charge in [-0.25, -0.2) is 0 Å². The summed E-state index contributed by atoms with van der Waals surface area (Å²) < 4.78 is 80.9. The van der Waals surface area contributed by atoms with Crippen LogP contribution >= 0.6 is 0 Å². The topological polar surface area (TPSA) is 0 Å². The average Bonchev–Trinajstić information content (AvgIpc) is 2.99. The van der Waals surface area contributed by atoms with Gasteiger partial charge in [-0.3, -0.25) is 0 Å². The predicted octanol–water partition coefficient (Wildman–Crippen LogP) is 11.7. The SMILES string of the molecule is FC(F)(F)c1ccc(-c2c3ccccc3c(-c3ccc(C(F)(F)F)cc3)c3c4ccccc4c4ccccc4c23)cc1. The number of benzene rings is 7. The molecule has 0 N–H and O–H groups in total. The van der Waals surface area contributed by atoms with Crippen molar-refractivity contribution in [3.63, 3.8) is 0 Å². The highest BCUT2D eigenvalue weighted by Gasteiger charge is 2.31. The standard InChI is InChI=1S/C36H20F6/c37-35(38,39)23-17-13-21(14-18-23)31-29-11-5-6-12-30(29)32(22-15-19-24(20-16-22)36(40,41)42)34-28-10-4-2-8-26(28)25-7-1-3-9-27(25)33(31)34/h1-20H. The predicted molar refractivity (Wildman–Crippen MR) is 157 cm³/mol. The maximum absolute atomic E-state index is 13.5. The van der Waals surface area contributed by atoms with Crippen molar-refractivity contribution in [1.29, 1.82) is 0 Å². The third kappa shape index (κ3) is 4.09. The minimum absolute atomic E-state index is 0.614. The largest absolute Gasteiger partial charge is 0.416 e. The van der Waals surface area contributed by atoms with Gasteiger partial charge in [0, 0.05) is 0 Å². The van der Waals surface area contributed by atoms with Crippen LogP contribution in [-0.2, 0) is 12.4 Å². The maximum atomic E-state index is 13.5. The van der Waals surface area contributed by atoms with Crippen molar-refractivity contribution in [3.8, 4) is 22.3 Å². The molecule has 42 heavy (non-hydrogen) atoms. The van der Waals surface area contributed by atoms with Crippen LogP contribution < -0.4 is 0 Å². The Bertz CT molecular complexity index is 1980. The van der Waals surface area contributed by atoms with Crippen LogP contribution in [0.15, 0.2) is 121 Å². The third-order valence-corrected chi connectivity index (χ3v) is 7.90. The van der Waals surface area contributed by atoms with Gasteiger partial charge in [0.25, 0.3) is 0 Å². The van der Waals surface area contributed by atoms with E-state index in [4.69, 9.17) is 0 Å². The van der Waals surface area contributed by atoms with Crippen LogP contribution in [0.1, 0.15) is 11.1 Å². The Balaban J connectivity index is 1.71. The van der Waals surface area contributed by atoms with Crippen LogP contribution in [0.5, 0.6) is 0 Å². The third-order valence-electron chi connectivity index (χ3n) is 7.90. The number of fused-ring (bicyclic) bond motifs is 7. The molecule has 0 amide bonds. The Morgan fingerprint density at radius 2 is 0.595 bits per heavy atom. The van der Waals surface area contributed by atoms with Crippen LogP contribution in [-0.4, -0.2) is 0 Å². The molecule has 0 nitrogen and oxygen atoms in total. The molecule has 0 radical (unpaired) electrons. The van der Waals surface area contributed by atoms with Crippen molar-refractivity contribution in [3.05, 3.63) is 132 Å². The second-order valence-electron chi connectivity index (χ2n) is 10.3. The lowest BCUT2D eigenvalue weighted by Gasteiger charge is -2.22. The van der Waals surface area contributed by atoms with E-state index in [2.05, 4.69) is 0 Å². The van der Waals surface area contributed by atoms with Crippen molar-refractivity contribution in [2.75, 3.05) is 0 Å². The average molecular weight is 567 g/mol. The summed E-state index contributed by atoms with van der Waals surface area (Å²) in [6.07, 6.45) is -8.95. The number of alkyl halides is 6. The van der Waals surface area contributed by atoms with Gasteiger partial charge in [-0.1, -0.05) is 97.1 Å². The van der Waals surface area contributed by atoms with E-state index in [0.717, 1.165) is 78.5 Å². The van der Waals surface area contributed by atoms with Crippen LogP contribution in [0.2, 0.25) is 0 Å². The molecule has 0 aromatic heterocycles. The van der Waals surface area contributed by atoms with E-state index < -0.39 is 23.5 Å². The van der Waals surface area contributed by atoms with E-state index in [1.54, 1.807) is 0 Å². The molecule has 0 spiro atoms. The molecule has 0 unspecified atom stereocenters. The zero-order chi connectivity index (χ0) is 29.2. The first kappa shape index (κ1) is 26.1. The van der Waals surface area contributed by atoms with E-state index in [9.17, 15) is 26.3 Å². The molecule has 0 saturated heterocycles. The van der Waals surface area contributed by atoms with Gasteiger partial charge in [0.2, 0.25) is 0 Å². The molecular formula is C36H20F6. The second kappa shape index (κ2) is 9.35. The van der Waals surface area contributed by atoms with Gasteiger partial charge in [0.15, 0.2) is 0 Å². The highest BCUT2D eigenvalue weighted by Crippen LogP contribution is 2.49. The molecule has 0 aliphatic rings. The summed E-state index contributed by atoms with van der Waals surface area (Å²) >= 11 is 0. The highest BCUT2D eigenvalue weighted by molar-refractivity contribution is 6.36. The summed E-state index contributed by atoms with van der Waals surface area (Å²) in [5.41, 5.74) is 1.29. The fourth-order valence-corrected chi connectivity index (χ4v) is 6.10. The van der Waals surface area contributed by atoms with Gasteiger partial charge >= 0.3 is 12.4 Å². The van der Waals surface area contributed by atoms with Crippen LogP contribution in [0.25, 0.3) is 65.3 Å². The van der Waals surface area contributed by atoms with E-state index in [1.165, 1.54) is 24.3 Å². The van der Waals surface area contributed by atoms with E-state index in [0.29, 0.717) is 11.1 Å². The molecule has 206 valence electrons. The minimum Gasteiger partial charge on any atom is -0.166 e. The first-order valence-corrected chi connectivity index (χ1v) is 13.3. The lowest BCUT2D eigenvalue weighted by molar-refractivity contribution is -0.138. The number of halogens is 6. The van der Waals surface area contributed by atoms with Gasteiger partial charge in [-0.05, 0) is 89.6 Å². The maximum Gasteiger partial charge on any atom is 0.416 e. The highest BCUT2D eigenvalue weighted by atomic mass is 19.4. The van der Waals surface area contributed by atoms with Crippen LogP contribution in [0.4, 0.5) is 26.3 Å². The van der Waals surface area contributed by atoms with Crippen LogP contribution in [0.3, 0.4) is 0 Å². The summed E-state index contributed by atoms with van der Waals surface area (Å²) in [5, 5.41) is 7.00. The van der Waals surface area contributed by atoms with Gasteiger partial charge in [-0.2, -0.15) is 26.3 Å². The quantitative estimate of drug-likeness (QED) is 0.111. The number of rotatable bonds is 2. The first-order chi connectivity index (χ1) is 20.1. The smallest absolute Gasteiger partial charge is 0.166 e. The van der Waals surface area contributed by atoms with Crippen molar-refractivity contribution in [2.24, 2.45) is 0 Å². The monoisotopic (exact) mass is 566 g/mol. The fraction of sp³-hybridized carbons (Fsp3) is 0.0556. The Morgan fingerprint density at radius 1 is 0.310 bits per heavy atom. The summed E-state index contributed by atoms with van der Waals surface area (Å²) in [7, 11) is 0. The van der Waals surface area contributed by atoms with Crippen molar-refractivity contribution in [2.45, 2.75) is 12.4 Å². The van der Waals surface area contributed by atoms with Crippen molar-refractivity contribution < 1.29 is 26.3 Å². The molecule has 6 heteroatoms. The number of hydrogen-bond donors (Lipinski definition) is 0. The molecule has 0 aliphatic carbocycles. The Labute approximate surface area is 236 Å². The molecule has 0 aliphatic heterocycles. The van der Waals surface area contributed by atoms with Gasteiger partial charge in [0.05, 0.1) is 11.1 Å². The summed E-state index contributed by atoms with van der Waals surface area (Å²) in [6, 6.07) is 33.6. The number of hydrogen-bond acceptors (Lipinski definition) is 0. The Kier molecular flexibility index (Phi) is 5.80. The van der Waals surface area contributed by atoms with Gasteiger partial charge in [0.1, 0.15) is 0 Å². The molecule has 0 atom stereocenters. The molecule has 0 heterocycles. The molecule has 0 bridgehead atoms. The lowest BCUT2D eigenvalue weighted by atomic mass is 9.81. The molecule has 7 aromatic carbocycles. The normalized spacial score (nSPS) is 12.5. The molecular weight excluding hydrogens is 546 g/mol. The second-order valence-corrected chi connectivity index (χ2v) is 10.3. The van der Waals surface area contributed by atoms with Gasteiger partial charge < -0.3 is 0 Å². The van der Waals surface area contributed by atoms with E-state index >= 15 is 0 Å². The molecule has 7 rings (SSSR count). The molecule has 7 aromatic rings.